The first-order valence-electron chi connectivity index (χ1n) is 9.25. The fourth-order valence-electron chi connectivity index (χ4n) is 3.47. The van der Waals surface area contributed by atoms with Gasteiger partial charge in [0, 0.05) is 30.2 Å². The van der Waals surface area contributed by atoms with Crippen LogP contribution in [-0.4, -0.2) is 12.5 Å². The van der Waals surface area contributed by atoms with Gasteiger partial charge in [-0.15, -0.1) is 0 Å². The van der Waals surface area contributed by atoms with Gasteiger partial charge in [0.25, 0.3) is 0 Å². The van der Waals surface area contributed by atoms with Crippen molar-refractivity contribution in [1.82, 2.24) is 0 Å². The third-order valence-electron chi connectivity index (χ3n) is 4.77. The van der Waals surface area contributed by atoms with Crippen LogP contribution in [0.2, 0.25) is 10.0 Å². The van der Waals surface area contributed by atoms with Crippen molar-refractivity contribution in [3.05, 3.63) is 57.1 Å². The van der Waals surface area contributed by atoms with Gasteiger partial charge in [-0.2, -0.15) is 0 Å². The predicted octanol–water partition coefficient (Wildman–Crippen LogP) is 6.24. The summed E-state index contributed by atoms with van der Waals surface area (Å²) in [5, 5.41) is 4.35. The number of hydrogen-bond donors (Lipinski definition) is 1. The Labute approximate surface area is 171 Å². The Morgan fingerprint density at radius 3 is 2.56 bits per heavy atom. The number of aryl methyl sites for hydroxylation is 1. The molecular formula is C22H26Cl2N2O. The van der Waals surface area contributed by atoms with Crippen LogP contribution in [0.15, 0.2) is 30.3 Å². The van der Waals surface area contributed by atoms with Crippen LogP contribution in [0.4, 0.5) is 11.4 Å². The van der Waals surface area contributed by atoms with E-state index in [9.17, 15) is 4.79 Å². The minimum atomic E-state index is -0.0610. The Morgan fingerprint density at radius 2 is 1.89 bits per heavy atom. The Morgan fingerprint density at radius 1 is 1.15 bits per heavy atom. The molecule has 2 aromatic rings. The highest BCUT2D eigenvalue weighted by Crippen LogP contribution is 2.34. The third-order valence-corrected chi connectivity index (χ3v) is 5.31. The summed E-state index contributed by atoms with van der Waals surface area (Å²) in [4.78, 5) is 14.6. The largest absolute Gasteiger partial charge is 0.367 e. The lowest BCUT2D eigenvalue weighted by atomic mass is 9.92. The summed E-state index contributed by atoms with van der Waals surface area (Å²) >= 11 is 12.6. The molecule has 2 aromatic carbocycles. The number of anilines is 2. The molecule has 0 aliphatic carbocycles. The number of carbonyl (C=O) groups excluding carboxylic acids is 1. The monoisotopic (exact) mass is 404 g/mol. The first kappa shape index (κ1) is 20.0. The summed E-state index contributed by atoms with van der Waals surface area (Å²) in [6.45, 7) is 9.87. The molecule has 0 atom stereocenters. The second-order valence-electron chi connectivity index (χ2n) is 8.49. The molecule has 0 fully saturated rings. The van der Waals surface area contributed by atoms with Gasteiger partial charge in [-0.1, -0.05) is 50.0 Å². The zero-order valence-corrected chi connectivity index (χ0v) is 17.8. The van der Waals surface area contributed by atoms with Gasteiger partial charge < -0.3 is 10.2 Å². The third kappa shape index (κ3) is 4.97. The molecule has 0 saturated carbocycles. The van der Waals surface area contributed by atoms with E-state index in [4.69, 9.17) is 23.2 Å². The second-order valence-corrected chi connectivity index (χ2v) is 9.33. The fraction of sp³-hybridized carbons (Fsp3) is 0.409. The van der Waals surface area contributed by atoms with Crippen molar-refractivity contribution in [2.75, 3.05) is 16.8 Å². The molecule has 1 N–H and O–H groups in total. The minimum absolute atomic E-state index is 0.0102. The molecule has 1 heterocycles. The number of hydrogen-bond acceptors (Lipinski definition) is 2. The maximum absolute atomic E-state index is 12.3. The average molecular weight is 405 g/mol. The first-order valence-corrected chi connectivity index (χ1v) is 10.0. The molecule has 3 rings (SSSR count). The summed E-state index contributed by atoms with van der Waals surface area (Å²) in [6.07, 6.45) is 1.41. The number of nitrogens with one attached hydrogen (secondary N) is 1. The van der Waals surface area contributed by atoms with Crippen molar-refractivity contribution < 1.29 is 4.79 Å². The number of benzene rings is 2. The van der Waals surface area contributed by atoms with Crippen molar-refractivity contribution >= 4 is 40.5 Å². The number of rotatable bonds is 3. The van der Waals surface area contributed by atoms with Crippen LogP contribution in [0.3, 0.4) is 0 Å². The molecule has 0 spiro atoms. The van der Waals surface area contributed by atoms with E-state index < -0.39 is 0 Å². The number of halogens is 2. The van der Waals surface area contributed by atoms with E-state index in [1.165, 1.54) is 11.1 Å². The first-order chi connectivity index (χ1) is 12.6. The van der Waals surface area contributed by atoms with Gasteiger partial charge in [0.1, 0.15) is 0 Å². The quantitative estimate of drug-likeness (QED) is 0.656. The summed E-state index contributed by atoms with van der Waals surface area (Å²) in [5.74, 6) is -0.0102. The van der Waals surface area contributed by atoms with E-state index in [2.05, 4.69) is 28.4 Å². The molecule has 5 heteroatoms. The van der Waals surface area contributed by atoms with Crippen molar-refractivity contribution in [1.29, 1.82) is 0 Å². The minimum Gasteiger partial charge on any atom is -0.367 e. The molecule has 0 radical (unpaired) electrons. The highest BCUT2D eigenvalue weighted by atomic mass is 35.5. The molecule has 3 nitrogen and oxygen atoms in total. The van der Waals surface area contributed by atoms with Gasteiger partial charge in [0.05, 0.1) is 10.7 Å². The summed E-state index contributed by atoms with van der Waals surface area (Å²) in [6, 6.07) is 10.1. The van der Waals surface area contributed by atoms with Crippen LogP contribution in [-0.2, 0) is 17.8 Å². The zero-order chi connectivity index (χ0) is 19.8. The van der Waals surface area contributed by atoms with Crippen molar-refractivity contribution in [2.24, 2.45) is 5.41 Å². The van der Waals surface area contributed by atoms with E-state index in [-0.39, 0.29) is 11.3 Å². The van der Waals surface area contributed by atoms with Crippen LogP contribution in [0, 0.1) is 12.3 Å². The lowest BCUT2D eigenvalue weighted by molar-refractivity contribution is -0.117. The van der Waals surface area contributed by atoms with E-state index in [1.807, 2.05) is 39.8 Å². The smallest absolute Gasteiger partial charge is 0.224 e. The highest BCUT2D eigenvalue weighted by molar-refractivity contribution is 6.34. The molecule has 0 saturated heterocycles. The van der Waals surface area contributed by atoms with Crippen molar-refractivity contribution in [2.45, 2.75) is 47.1 Å². The van der Waals surface area contributed by atoms with Gasteiger partial charge in [0.15, 0.2) is 0 Å². The number of carbonyl (C=O) groups is 1. The van der Waals surface area contributed by atoms with Gasteiger partial charge in [-0.25, -0.2) is 0 Å². The SMILES string of the molecule is Cc1cc(N2CCc3cc(Cl)ccc3C2)cc(Cl)c1NC(=O)CC(C)(C)C. The van der Waals surface area contributed by atoms with Gasteiger partial charge in [-0.3, -0.25) is 4.79 Å². The maximum atomic E-state index is 12.3. The van der Waals surface area contributed by atoms with Crippen molar-refractivity contribution in [3.8, 4) is 0 Å². The van der Waals surface area contributed by atoms with Crippen LogP contribution >= 0.6 is 23.2 Å². The molecule has 144 valence electrons. The van der Waals surface area contributed by atoms with Crippen LogP contribution in [0.1, 0.15) is 43.9 Å². The molecule has 1 amide bonds. The molecule has 0 unspecified atom stereocenters. The molecule has 1 aliphatic heterocycles. The Kier molecular flexibility index (Phi) is 5.73. The lowest BCUT2D eigenvalue weighted by Crippen LogP contribution is -2.30. The van der Waals surface area contributed by atoms with E-state index >= 15 is 0 Å². The summed E-state index contributed by atoms with van der Waals surface area (Å²) in [7, 11) is 0. The molecule has 1 aliphatic rings. The Hall–Kier alpha value is -1.71. The average Bonchev–Trinajstić information content (AvgIpc) is 2.56. The zero-order valence-electron chi connectivity index (χ0n) is 16.3. The van der Waals surface area contributed by atoms with E-state index in [1.54, 1.807) is 0 Å². The Balaban J connectivity index is 1.79. The maximum Gasteiger partial charge on any atom is 0.224 e. The molecular weight excluding hydrogens is 379 g/mol. The summed E-state index contributed by atoms with van der Waals surface area (Å²) < 4.78 is 0. The topological polar surface area (TPSA) is 32.3 Å². The van der Waals surface area contributed by atoms with Gasteiger partial charge >= 0.3 is 0 Å². The van der Waals surface area contributed by atoms with Crippen molar-refractivity contribution in [3.63, 3.8) is 0 Å². The predicted molar refractivity (Wildman–Crippen MR) is 115 cm³/mol. The summed E-state index contributed by atoms with van der Waals surface area (Å²) in [5.41, 5.74) is 5.30. The second kappa shape index (κ2) is 7.73. The van der Waals surface area contributed by atoms with Crippen LogP contribution in [0.25, 0.3) is 0 Å². The number of nitrogens with zero attached hydrogens (tertiary/aromatic N) is 1. The van der Waals surface area contributed by atoms with Crippen LogP contribution in [0.5, 0.6) is 0 Å². The standard InChI is InChI=1S/C22H26Cl2N2O/c1-14-9-18(11-19(24)21(14)25-20(27)12-22(2,3)4)26-8-7-15-10-17(23)6-5-16(15)13-26/h5-6,9-11H,7-8,12-13H2,1-4H3,(H,25,27). The van der Waals surface area contributed by atoms with Crippen LogP contribution < -0.4 is 10.2 Å². The normalized spacial score (nSPS) is 14.1. The fourth-order valence-corrected chi connectivity index (χ4v) is 3.98. The van der Waals surface area contributed by atoms with E-state index in [0.29, 0.717) is 17.1 Å². The Bertz CT molecular complexity index is 848. The number of amides is 1. The molecule has 27 heavy (non-hydrogen) atoms. The van der Waals surface area contributed by atoms with Gasteiger partial charge in [0.2, 0.25) is 5.91 Å². The lowest BCUT2D eigenvalue weighted by Gasteiger charge is -2.31. The number of fused-ring (bicyclic) bond motifs is 1. The highest BCUT2D eigenvalue weighted by Gasteiger charge is 2.21. The van der Waals surface area contributed by atoms with E-state index in [0.717, 1.165) is 35.8 Å². The van der Waals surface area contributed by atoms with Gasteiger partial charge in [-0.05, 0) is 59.7 Å². The molecule has 0 bridgehead atoms. The molecule has 0 aromatic heterocycles.